The molecule has 1 saturated carbocycles. The summed E-state index contributed by atoms with van der Waals surface area (Å²) in [5, 5.41) is 3.72. The van der Waals surface area contributed by atoms with Crippen LogP contribution in [0.2, 0.25) is 0 Å². The highest BCUT2D eigenvalue weighted by atomic mass is 16.4. The van der Waals surface area contributed by atoms with Crippen LogP contribution in [-0.4, -0.2) is 11.0 Å². The molecule has 3 atom stereocenters. The van der Waals surface area contributed by atoms with Gasteiger partial charge in [0.1, 0.15) is 5.76 Å². The molecule has 3 nitrogen and oxygen atoms in total. The molecule has 0 bridgehead atoms. The van der Waals surface area contributed by atoms with E-state index in [4.69, 9.17) is 4.42 Å². The van der Waals surface area contributed by atoms with Crippen LogP contribution >= 0.6 is 0 Å². The number of nitrogens with one attached hydrogen (secondary N) is 1. The molecule has 0 aliphatic heterocycles. The lowest BCUT2D eigenvalue weighted by atomic mass is 9.77. The zero-order valence-electron chi connectivity index (χ0n) is 12.1. The highest BCUT2D eigenvalue weighted by Crippen LogP contribution is 2.31. The van der Waals surface area contributed by atoms with Gasteiger partial charge in [-0.3, -0.25) is 0 Å². The molecule has 1 fully saturated rings. The number of hydrogen-bond donors (Lipinski definition) is 1. The summed E-state index contributed by atoms with van der Waals surface area (Å²) in [5.41, 5.74) is 0. The van der Waals surface area contributed by atoms with Crippen molar-refractivity contribution in [1.29, 1.82) is 0 Å². The first-order valence-electron chi connectivity index (χ1n) is 7.26. The predicted molar refractivity (Wildman–Crippen MR) is 73.4 cm³/mol. The molecule has 3 heteroatoms. The van der Waals surface area contributed by atoms with Crippen molar-refractivity contribution < 1.29 is 4.42 Å². The fourth-order valence-corrected chi connectivity index (χ4v) is 3.13. The molecule has 1 aromatic rings. The van der Waals surface area contributed by atoms with E-state index in [1.807, 2.05) is 6.92 Å². The summed E-state index contributed by atoms with van der Waals surface area (Å²) < 4.78 is 5.61. The lowest BCUT2D eigenvalue weighted by Gasteiger charge is -2.36. The zero-order valence-corrected chi connectivity index (χ0v) is 12.1. The Morgan fingerprint density at radius 1 is 1.28 bits per heavy atom. The minimum absolute atomic E-state index is 0.211. The number of oxazole rings is 1. The van der Waals surface area contributed by atoms with E-state index >= 15 is 0 Å². The molecule has 1 aliphatic rings. The minimum atomic E-state index is 0.211. The van der Waals surface area contributed by atoms with Gasteiger partial charge in [0.2, 0.25) is 5.89 Å². The van der Waals surface area contributed by atoms with Crippen molar-refractivity contribution >= 4 is 0 Å². The Bertz CT molecular complexity index is 372. The molecule has 0 radical (unpaired) electrons. The second kappa shape index (κ2) is 5.87. The minimum Gasteiger partial charge on any atom is -0.444 e. The summed E-state index contributed by atoms with van der Waals surface area (Å²) >= 11 is 0. The van der Waals surface area contributed by atoms with Gasteiger partial charge >= 0.3 is 0 Å². The predicted octanol–water partition coefficient (Wildman–Crippen LogP) is 3.85. The van der Waals surface area contributed by atoms with E-state index in [1.54, 1.807) is 6.20 Å². The van der Waals surface area contributed by atoms with Crippen molar-refractivity contribution in [3.63, 3.8) is 0 Å². The standard InChI is InChI=1S/C15H26N2O/c1-10(2)13-7-5-6-8-14(13)17-12(4)15-16-9-11(3)18-15/h9-10,12-14,17H,5-8H2,1-4H3. The fourth-order valence-electron chi connectivity index (χ4n) is 3.13. The number of rotatable bonds is 4. The SMILES string of the molecule is Cc1cnc(C(C)NC2CCCCC2C(C)C)o1. The van der Waals surface area contributed by atoms with E-state index in [0.29, 0.717) is 6.04 Å². The number of nitrogens with zero attached hydrogens (tertiary/aromatic N) is 1. The molecule has 2 rings (SSSR count). The van der Waals surface area contributed by atoms with E-state index in [-0.39, 0.29) is 6.04 Å². The average molecular weight is 250 g/mol. The van der Waals surface area contributed by atoms with Crippen LogP contribution in [0.3, 0.4) is 0 Å². The molecule has 0 saturated heterocycles. The van der Waals surface area contributed by atoms with Crippen LogP contribution in [-0.2, 0) is 0 Å². The fraction of sp³-hybridized carbons (Fsp3) is 0.800. The second-order valence-corrected chi connectivity index (χ2v) is 6.00. The zero-order chi connectivity index (χ0) is 13.1. The average Bonchev–Trinajstić information content (AvgIpc) is 2.76. The summed E-state index contributed by atoms with van der Waals surface area (Å²) in [6, 6.07) is 0.823. The quantitative estimate of drug-likeness (QED) is 0.882. The highest BCUT2D eigenvalue weighted by molar-refractivity contribution is 4.96. The third-order valence-electron chi connectivity index (χ3n) is 4.15. The van der Waals surface area contributed by atoms with Gasteiger partial charge in [0.05, 0.1) is 12.2 Å². The van der Waals surface area contributed by atoms with Crippen LogP contribution in [0.4, 0.5) is 0 Å². The maximum Gasteiger partial charge on any atom is 0.211 e. The Morgan fingerprint density at radius 3 is 2.61 bits per heavy atom. The largest absolute Gasteiger partial charge is 0.444 e. The Labute approximate surface area is 110 Å². The monoisotopic (exact) mass is 250 g/mol. The molecule has 102 valence electrons. The van der Waals surface area contributed by atoms with Crippen LogP contribution in [0, 0.1) is 18.8 Å². The summed E-state index contributed by atoms with van der Waals surface area (Å²) in [6.07, 6.45) is 7.17. The maximum absolute atomic E-state index is 5.61. The van der Waals surface area contributed by atoms with E-state index in [9.17, 15) is 0 Å². The van der Waals surface area contributed by atoms with Gasteiger partial charge in [-0.1, -0.05) is 26.7 Å². The Balaban J connectivity index is 1.98. The third kappa shape index (κ3) is 3.14. The van der Waals surface area contributed by atoms with Gasteiger partial charge in [-0.15, -0.1) is 0 Å². The maximum atomic E-state index is 5.61. The van der Waals surface area contributed by atoms with E-state index in [1.165, 1.54) is 25.7 Å². The van der Waals surface area contributed by atoms with Crippen LogP contribution in [0.15, 0.2) is 10.6 Å². The molecule has 18 heavy (non-hydrogen) atoms. The van der Waals surface area contributed by atoms with Crippen molar-refractivity contribution in [1.82, 2.24) is 10.3 Å². The molecule has 1 aromatic heterocycles. The Hall–Kier alpha value is -0.830. The summed E-state index contributed by atoms with van der Waals surface area (Å²) in [7, 11) is 0. The van der Waals surface area contributed by atoms with Crippen LogP contribution in [0.1, 0.15) is 64.1 Å². The number of aryl methyl sites for hydroxylation is 1. The van der Waals surface area contributed by atoms with Crippen molar-refractivity contribution in [2.45, 2.75) is 65.5 Å². The van der Waals surface area contributed by atoms with Crippen molar-refractivity contribution in [2.24, 2.45) is 11.8 Å². The molecule has 0 aromatic carbocycles. The van der Waals surface area contributed by atoms with Crippen LogP contribution < -0.4 is 5.32 Å². The van der Waals surface area contributed by atoms with Crippen molar-refractivity contribution in [3.05, 3.63) is 17.8 Å². The van der Waals surface area contributed by atoms with Gasteiger partial charge in [-0.05, 0) is 38.5 Å². The topological polar surface area (TPSA) is 38.1 Å². The van der Waals surface area contributed by atoms with E-state index in [2.05, 4.69) is 31.1 Å². The van der Waals surface area contributed by atoms with Crippen LogP contribution in [0.25, 0.3) is 0 Å². The normalized spacial score (nSPS) is 26.5. The summed E-state index contributed by atoms with van der Waals surface area (Å²) in [4.78, 5) is 4.32. The smallest absolute Gasteiger partial charge is 0.211 e. The van der Waals surface area contributed by atoms with Gasteiger partial charge in [-0.25, -0.2) is 4.98 Å². The summed E-state index contributed by atoms with van der Waals surface area (Å²) in [5.74, 6) is 3.25. The van der Waals surface area contributed by atoms with Crippen molar-refractivity contribution in [3.8, 4) is 0 Å². The van der Waals surface area contributed by atoms with E-state index in [0.717, 1.165) is 23.5 Å². The lowest BCUT2D eigenvalue weighted by Crippen LogP contribution is -2.42. The molecule has 3 unspecified atom stereocenters. The van der Waals surface area contributed by atoms with Crippen molar-refractivity contribution in [2.75, 3.05) is 0 Å². The Morgan fingerprint density at radius 2 is 2.00 bits per heavy atom. The highest BCUT2D eigenvalue weighted by Gasteiger charge is 2.29. The van der Waals surface area contributed by atoms with Gasteiger partial charge < -0.3 is 9.73 Å². The van der Waals surface area contributed by atoms with E-state index < -0.39 is 0 Å². The second-order valence-electron chi connectivity index (χ2n) is 6.00. The molecule has 1 aliphatic carbocycles. The molecular formula is C15H26N2O. The number of hydrogen-bond acceptors (Lipinski definition) is 3. The molecule has 1 heterocycles. The van der Waals surface area contributed by atoms with Gasteiger partial charge in [0.15, 0.2) is 0 Å². The lowest BCUT2D eigenvalue weighted by molar-refractivity contribution is 0.188. The number of aromatic nitrogens is 1. The molecule has 0 amide bonds. The Kier molecular flexibility index (Phi) is 4.44. The first-order chi connectivity index (χ1) is 8.58. The first-order valence-corrected chi connectivity index (χ1v) is 7.26. The van der Waals surface area contributed by atoms with Gasteiger partial charge in [0.25, 0.3) is 0 Å². The third-order valence-corrected chi connectivity index (χ3v) is 4.15. The molecule has 1 N–H and O–H groups in total. The van der Waals surface area contributed by atoms with Crippen LogP contribution in [0.5, 0.6) is 0 Å². The van der Waals surface area contributed by atoms with Gasteiger partial charge in [0, 0.05) is 6.04 Å². The molecule has 0 spiro atoms. The first kappa shape index (κ1) is 13.6. The molecular weight excluding hydrogens is 224 g/mol. The van der Waals surface area contributed by atoms with Gasteiger partial charge in [-0.2, -0.15) is 0 Å². The summed E-state index contributed by atoms with van der Waals surface area (Å²) in [6.45, 7) is 8.77.